The maximum atomic E-state index is 13.1. The molecule has 0 bridgehead atoms. The number of thioether (sulfide) groups is 2. The maximum Gasteiger partial charge on any atom is 0.266 e. The molecule has 246 valence electrons. The van der Waals surface area contributed by atoms with E-state index in [1.807, 2.05) is 55.5 Å². The van der Waals surface area contributed by atoms with Gasteiger partial charge in [0, 0.05) is 43.7 Å². The van der Waals surface area contributed by atoms with E-state index < -0.39 is 0 Å². The first-order valence-electron chi connectivity index (χ1n) is 14.9. The topological polar surface area (TPSA) is 102 Å². The molecule has 0 radical (unpaired) electrons. The lowest BCUT2D eigenvalue weighted by molar-refractivity contribution is -0.136. The third-order valence-corrected chi connectivity index (χ3v) is 10.7. The number of thiocarbonyl (C=S) groups is 2. The van der Waals surface area contributed by atoms with E-state index in [0.29, 0.717) is 64.3 Å². The van der Waals surface area contributed by atoms with Crippen molar-refractivity contribution in [3.8, 4) is 5.75 Å². The molecule has 2 aromatic rings. The van der Waals surface area contributed by atoms with Gasteiger partial charge in [-0.3, -0.25) is 33.9 Å². The Balaban J connectivity index is 1.02. The summed E-state index contributed by atoms with van der Waals surface area (Å²) in [5.74, 6) is -0.255. The highest BCUT2D eigenvalue weighted by Crippen LogP contribution is 2.34. The molecule has 47 heavy (non-hydrogen) atoms. The van der Waals surface area contributed by atoms with Crippen molar-refractivity contribution < 1.29 is 23.9 Å². The molecule has 3 fully saturated rings. The Morgan fingerprint density at radius 3 is 2.13 bits per heavy atom. The number of hydrogen-bond donors (Lipinski definition) is 1. The van der Waals surface area contributed by atoms with Crippen molar-refractivity contribution in [2.24, 2.45) is 0 Å². The first kappa shape index (κ1) is 35.2. The molecule has 1 N–H and O–H groups in total. The highest BCUT2D eigenvalue weighted by molar-refractivity contribution is 9.10. The van der Waals surface area contributed by atoms with Crippen LogP contribution in [0.5, 0.6) is 5.75 Å². The summed E-state index contributed by atoms with van der Waals surface area (Å²) >= 11 is 16.6. The van der Waals surface area contributed by atoms with Gasteiger partial charge in [-0.2, -0.15) is 0 Å². The molecule has 0 atom stereocenters. The van der Waals surface area contributed by atoms with E-state index in [2.05, 4.69) is 26.1 Å². The lowest BCUT2D eigenvalue weighted by Crippen LogP contribution is -2.52. The van der Waals surface area contributed by atoms with Crippen LogP contribution in [0.25, 0.3) is 12.2 Å². The largest absolute Gasteiger partial charge is 0.494 e. The number of piperazine rings is 1. The van der Waals surface area contributed by atoms with Crippen LogP contribution in [0.3, 0.4) is 0 Å². The predicted octanol–water partition coefficient (Wildman–Crippen LogP) is 4.21. The van der Waals surface area contributed by atoms with Crippen LogP contribution in [0.2, 0.25) is 0 Å². The summed E-state index contributed by atoms with van der Waals surface area (Å²) in [5, 5.41) is 2.87. The first-order chi connectivity index (χ1) is 22.6. The van der Waals surface area contributed by atoms with E-state index in [-0.39, 0.29) is 36.7 Å². The van der Waals surface area contributed by atoms with Gasteiger partial charge in [0.1, 0.15) is 27.5 Å². The molecule has 15 heteroatoms. The van der Waals surface area contributed by atoms with Gasteiger partial charge in [-0.1, -0.05) is 88.2 Å². The van der Waals surface area contributed by atoms with Crippen molar-refractivity contribution in [2.45, 2.75) is 6.92 Å². The highest BCUT2D eigenvalue weighted by Gasteiger charge is 2.35. The number of halogens is 1. The highest BCUT2D eigenvalue weighted by atomic mass is 79.9. The SMILES string of the molecule is CCOc1ccc(/C=C2\SC(=S)N(CC(=O)N3CCN(CCNC(=O)CN4C(=O)/C(=C/c5cccc(Br)c5)SC4=S)CC3)C2=O)cc1. The second-order valence-corrected chi connectivity index (χ2v) is 14.9. The maximum absolute atomic E-state index is 13.1. The fourth-order valence-corrected chi connectivity index (χ4v) is 7.93. The van der Waals surface area contributed by atoms with Gasteiger partial charge in [-0.25, -0.2) is 0 Å². The Morgan fingerprint density at radius 2 is 1.51 bits per heavy atom. The molecule has 0 saturated carbocycles. The van der Waals surface area contributed by atoms with Gasteiger partial charge in [-0.15, -0.1) is 0 Å². The van der Waals surface area contributed by atoms with Crippen LogP contribution >= 0.6 is 63.9 Å². The van der Waals surface area contributed by atoms with Gasteiger partial charge in [0.25, 0.3) is 11.8 Å². The molecule has 3 aliphatic heterocycles. The van der Waals surface area contributed by atoms with Gasteiger partial charge < -0.3 is 15.0 Å². The molecule has 2 aromatic carbocycles. The molecule has 3 saturated heterocycles. The minimum Gasteiger partial charge on any atom is -0.494 e. The summed E-state index contributed by atoms with van der Waals surface area (Å²) in [5.41, 5.74) is 1.71. The molecule has 0 spiro atoms. The molecule has 10 nitrogen and oxygen atoms in total. The van der Waals surface area contributed by atoms with Crippen LogP contribution in [0.1, 0.15) is 18.1 Å². The fourth-order valence-electron chi connectivity index (χ4n) is 5.01. The van der Waals surface area contributed by atoms with E-state index in [1.54, 1.807) is 17.1 Å². The second-order valence-electron chi connectivity index (χ2n) is 10.7. The van der Waals surface area contributed by atoms with Crippen molar-refractivity contribution >= 4 is 108 Å². The molecule has 3 heterocycles. The van der Waals surface area contributed by atoms with Crippen LogP contribution in [-0.2, 0) is 19.2 Å². The number of nitrogens with zero attached hydrogens (tertiary/aromatic N) is 4. The zero-order chi connectivity index (χ0) is 33.5. The van der Waals surface area contributed by atoms with Crippen LogP contribution in [0.4, 0.5) is 0 Å². The number of hydrogen-bond acceptors (Lipinski definition) is 10. The number of ether oxygens (including phenoxy) is 1. The van der Waals surface area contributed by atoms with Gasteiger partial charge in [0.15, 0.2) is 0 Å². The average molecular weight is 775 g/mol. The lowest BCUT2D eigenvalue weighted by Gasteiger charge is -2.35. The molecule has 5 rings (SSSR count). The zero-order valence-electron chi connectivity index (χ0n) is 25.5. The van der Waals surface area contributed by atoms with Crippen molar-refractivity contribution in [2.75, 3.05) is 59.0 Å². The van der Waals surface area contributed by atoms with E-state index in [0.717, 1.165) is 21.3 Å². The van der Waals surface area contributed by atoms with Gasteiger partial charge in [0.05, 0.1) is 16.4 Å². The normalized spacial score (nSPS) is 19.0. The Bertz CT molecular complexity index is 1640. The molecule has 0 aliphatic carbocycles. The zero-order valence-corrected chi connectivity index (χ0v) is 30.3. The minimum atomic E-state index is -0.293. The molecule has 3 aliphatic rings. The van der Waals surface area contributed by atoms with Gasteiger partial charge in [0.2, 0.25) is 11.8 Å². The summed E-state index contributed by atoms with van der Waals surface area (Å²) < 4.78 is 7.08. The summed E-state index contributed by atoms with van der Waals surface area (Å²) in [6.07, 6.45) is 3.54. The third-order valence-electron chi connectivity index (χ3n) is 7.45. The predicted molar refractivity (Wildman–Crippen MR) is 198 cm³/mol. The van der Waals surface area contributed by atoms with Crippen molar-refractivity contribution in [1.82, 2.24) is 24.9 Å². The standard InChI is InChI=1S/C32H32BrN5O5S4/c1-2-43-24-8-6-21(7-9-24)17-25-30(42)38(32(45)46-25)20-28(40)36-14-12-35(13-15-36)11-10-34-27(39)19-37-29(41)26(47-31(37)44)18-22-4-3-5-23(33)16-22/h3-9,16-18H,2,10-15,19-20H2,1H3,(H,34,39)/b25-17-,26-18-. The van der Waals surface area contributed by atoms with E-state index in [4.69, 9.17) is 29.2 Å². The lowest BCUT2D eigenvalue weighted by atomic mass is 10.2. The number of amides is 4. The third kappa shape index (κ3) is 9.30. The van der Waals surface area contributed by atoms with Crippen LogP contribution < -0.4 is 10.1 Å². The van der Waals surface area contributed by atoms with Crippen molar-refractivity contribution in [3.05, 3.63) is 73.9 Å². The molecule has 0 unspecified atom stereocenters. The van der Waals surface area contributed by atoms with Gasteiger partial charge >= 0.3 is 0 Å². The number of nitrogens with one attached hydrogen (secondary N) is 1. The molecule has 4 amide bonds. The van der Waals surface area contributed by atoms with E-state index >= 15 is 0 Å². The monoisotopic (exact) mass is 773 g/mol. The van der Waals surface area contributed by atoms with Gasteiger partial charge in [-0.05, 0) is 54.5 Å². The number of benzene rings is 2. The number of carbonyl (C=O) groups excluding carboxylic acids is 4. The first-order valence-corrected chi connectivity index (χ1v) is 18.1. The van der Waals surface area contributed by atoms with Crippen molar-refractivity contribution in [3.63, 3.8) is 0 Å². The molecular weight excluding hydrogens is 743 g/mol. The Hall–Kier alpha value is -3.08. The Labute approximate surface area is 301 Å². The quantitative estimate of drug-likeness (QED) is 0.264. The summed E-state index contributed by atoms with van der Waals surface area (Å²) in [6.45, 7) is 5.51. The Morgan fingerprint density at radius 1 is 0.894 bits per heavy atom. The summed E-state index contributed by atoms with van der Waals surface area (Å²) in [6, 6.07) is 15.0. The summed E-state index contributed by atoms with van der Waals surface area (Å²) in [7, 11) is 0. The number of carbonyl (C=O) groups is 4. The fraction of sp³-hybridized carbons (Fsp3) is 0.312. The van der Waals surface area contributed by atoms with Crippen LogP contribution in [-0.4, -0.2) is 111 Å². The Kier molecular flexibility index (Phi) is 12.3. The average Bonchev–Trinajstić information content (AvgIpc) is 3.46. The van der Waals surface area contributed by atoms with E-state index in [9.17, 15) is 19.2 Å². The second kappa shape index (κ2) is 16.3. The molecule has 0 aromatic heterocycles. The van der Waals surface area contributed by atoms with Crippen molar-refractivity contribution in [1.29, 1.82) is 0 Å². The van der Waals surface area contributed by atoms with Crippen LogP contribution in [0.15, 0.2) is 62.8 Å². The summed E-state index contributed by atoms with van der Waals surface area (Å²) in [4.78, 5) is 59.2. The van der Waals surface area contributed by atoms with Crippen LogP contribution in [0, 0.1) is 0 Å². The van der Waals surface area contributed by atoms with E-state index in [1.165, 1.54) is 33.3 Å². The molecular formula is C32H32BrN5O5S4. The smallest absolute Gasteiger partial charge is 0.266 e. The minimum absolute atomic E-state index is 0.101. The number of rotatable bonds is 11.